The molecule has 1 unspecified atom stereocenters. The third kappa shape index (κ3) is 3.00. The van der Waals surface area contributed by atoms with Gasteiger partial charge in [0, 0.05) is 11.7 Å². The van der Waals surface area contributed by atoms with E-state index in [2.05, 4.69) is 15.5 Å². The smallest absolute Gasteiger partial charge is 0.257 e. The van der Waals surface area contributed by atoms with Crippen LogP contribution < -0.4 is 11.1 Å². The zero-order valence-corrected chi connectivity index (χ0v) is 11.8. The highest BCUT2D eigenvalue weighted by molar-refractivity contribution is 6.05. The van der Waals surface area contributed by atoms with E-state index in [0.29, 0.717) is 17.0 Å². The molecule has 2 rings (SSSR count). The molecule has 0 fully saturated rings. The Bertz CT molecular complexity index is 638. The lowest BCUT2D eigenvalue weighted by molar-refractivity contribution is 0.102. The van der Waals surface area contributed by atoms with Crippen molar-refractivity contribution < 1.29 is 4.79 Å². The fourth-order valence-corrected chi connectivity index (χ4v) is 1.98. The van der Waals surface area contributed by atoms with E-state index in [-0.39, 0.29) is 11.9 Å². The maximum atomic E-state index is 12.3. The number of carbonyl (C=O) groups excluding carboxylic acids is 1. The van der Waals surface area contributed by atoms with Gasteiger partial charge in [-0.05, 0) is 38.5 Å². The van der Waals surface area contributed by atoms with Crippen molar-refractivity contribution in [3.05, 3.63) is 52.8 Å². The van der Waals surface area contributed by atoms with Crippen molar-refractivity contribution in [1.82, 2.24) is 10.2 Å². The Hall–Kier alpha value is -2.27. The van der Waals surface area contributed by atoms with Crippen LogP contribution in [0.5, 0.6) is 0 Å². The number of hydrogen-bond acceptors (Lipinski definition) is 4. The molecule has 1 amide bonds. The van der Waals surface area contributed by atoms with Crippen LogP contribution in [-0.2, 0) is 0 Å². The number of carbonyl (C=O) groups is 1. The topological polar surface area (TPSA) is 80.9 Å². The summed E-state index contributed by atoms with van der Waals surface area (Å²) in [5.74, 6) is -0.200. The lowest BCUT2D eigenvalue weighted by atomic mass is 10.1. The summed E-state index contributed by atoms with van der Waals surface area (Å²) in [5, 5.41) is 10.8. The van der Waals surface area contributed by atoms with Crippen molar-refractivity contribution in [2.45, 2.75) is 26.8 Å². The van der Waals surface area contributed by atoms with E-state index in [1.54, 1.807) is 19.9 Å². The molecule has 0 aliphatic rings. The van der Waals surface area contributed by atoms with Gasteiger partial charge in [-0.1, -0.05) is 18.2 Å². The molecule has 0 aliphatic heterocycles. The third-order valence-electron chi connectivity index (χ3n) is 3.04. The van der Waals surface area contributed by atoms with Crippen molar-refractivity contribution in [3.8, 4) is 0 Å². The number of rotatable bonds is 3. The van der Waals surface area contributed by atoms with Gasteiger partial charge in [0.2, 0.25) is 0 Å². The van der Waals surface area contributed by atoms with Gasteiger partial charge >= 0.3 is 0 Å². The molecule has 1 aromatic heterocycles. The lowest BCUT2D eigenvalue weighted by Crippen LogP contribution is -2.17. The predicted molar refractivity (Wildman–Crippen MR) is 78.5 cm³/mol. The number of anilines is 1. The Balaban J connectivity index is 2.31. The average molecular weight is 270 g/mol. The van der Waals surface area contributed by atoms with E-state index >= 15 is 0 Å². The standard InChI is InChI=1S/C15H18N4O/c1-9-8-13(11(3)19-18-9)15(20)17-14-7-5-4-6-12(14)10(2)16/h4-8,10H,16H2,1-3H3,(H,17,20). The van der Waals surface area contributed by atoms with Crippen LogP contribution in [0.3, 0.4) is 0 Å². The van der Waals surface area contributed by atoms with Gasteiger partial charge in [0.1, 0.15) is 0 Å². The Kier molecular flexibility index (Phi) is 4.10. The minimum Gasteiger partial charge on any atom is -0.324 e. The number of nitrogens with one attached hydrogen (secondary N) is 1. The van der Waals surface area contributed by atoms with Crippen molar-refractivity contribution in [3.63, 3.8) is 0 Å². The largest absolute Gasteiger partial charge is 0.324 e. The molecule has 5 nitrogen and oxygen atoms in total. The zero-order chi connectivity index (χ0) is 14.7. The molecule has 2 aromatic rings. The van der Waals surface area contributed by atoms with Crippen LogP contribution in [0.1, 0.15) is 40.3 Å². The Morgan fingerprint density at radius 2 is 1.95 bits per heavy atom. The monoisotopic (exact) mass is 270 g/mol. The van der Waals surface area contributed by atoms with Crippen LogP contribution in [0.15, 0.2) is 30.3 Å². The molecule has 0 spiro atoms. The highest BCUT2D eigenvalue weighted by atomic mass is 16.1. The molecule has 104 valence electrons. The average Bonchev–Trinajstić information content (AvgIpc) is 2.41. The van der Waals surface area contributed by atoms with Crippen LogP contribution in [0.4, 0.5) is 5.69 Å². The van der Waals surface area contributed by atoms with Gasteiger partial charge in [-0.25, -0.2) is 0 Å². The van der Waals surface area contributed by atoms with Crippen LogP contribution in [-0.4, -0.2) is 16.1 Å². The van der Waals surface area contributed by atoms with Crippen molar-refractivity contribution in [2.24, 2.45) is 5.73 Å². The first-order chi connectivity index (χ1) is 9.49. The molecule has 0 aliphatic carbocycles. The summed E-state index contributed by atoms with van der Waals surface area (Å²) in [6.45, 7) is 5.45. The number of para-hydroxylation sites is 1. The molecule has 5 heteroatoms. The lowest BCUT2D eigenvalue weighted by Gasteiger charge is -2.14. The first-order valence-corrected chi connectivity index (χ1v) is 6.46. The summed E-state index contributed by atoms with van der Waals surface area (Å²) in [6, 6.07) is 9.09. The molecule has 1 aromatic carbocycles. The predicted octanol–water partition coefficient (Wildman–Crippen LogP) is 2.37. The van der Waals surface area contributed by atoms with Gasteiger partial charge in [0.05, 0.1) is 17.0 Å². The molecular formula is C15H18N4O. The van der Waals surface area contributed by atoms with E-state index in [1.165, 1.54) is 0 Å². The maximum Gasteiger partial charge on any atom is 0.257 e. The van der Waals surface area contributed by atoms with E-state index in [0.717, 1.165) is 11.3 Å². The molecule has 1 heterocycles. The molecule has 20 heavy (non-hydrogen) atoms. The first-order valence-electron chi connectivity index (χ1n) is 6.46. The Morgan fingerprint density at radius 3 is 2.65 bits per heavy atom. The number of nitrogens with zero attached hydrogens (tertiary/aromatic N) is 2. The van der Waals surface area contributed by atoms with Crippen molar-refractivity contribution >= 4 is 11.6 Å². The summed E-state index contributed by atoms with van der Waals surface area (Å²) in [6.07, 6.45) is 0. The Labute approximate surface area is 118 Å². The quantitative estimate of drug-likeness (QED) is 0.897. The summed E-state index contributed by atoms with van der Waals surface area (Å²) in [5.41, 5.74) is 9.37. The normalized spacial score (nSPS) is 12.0. The number of hydrogen-bond donors (Lipinski definition) is 2. The van der Waals surface area contributed by atoms with Crippen LogP contribution in [0, 0.1) is 13.8 Å². The van der Waals surface area contributed by atoms with Crippen LogP contribution in [0.25, 0.3) is 0 Å². The third-order valence-corrected chi connectivity index (χ3v) is 3.04. The number of amides is 1. The minimum absolute atomic E-state index is 0.148. The van der Waals surface area contributed by atoms with E-state index in [1.807, 2.05) is 31.2 Å². The summed E-state index contributed by atoms with van der Waals surface area (Å²) in [7, 11) is 0. The summed E-state index contributed by atoms with van der Waals surface area (Å²) < 4.78 is 0. The first kappa shape index (κ1) is 14.1. The van der Waals surface area contributed by atoms with Gasteiger partial charge < -0.3 is 11.1 Å². The second-order valence-corrected chi connectivity index (χ2v) is 4.81. The van der Waals surface area contributed by atoms with Gasteiger partial charge in [0.15, 0.2) is 0 Å². The minimum atomic E-state index is -0.200. The van der Waals surface area contributed by atoms with E-state index in [4.69, 9.17) is 5.73 Å². The second kappa shape index (κ2) is 5.79. The number of aromatic nitrogens is 2. The highest BCUT2D eigenvalue weighted by Gasteiger charge is 2.14. The van der Waals surface area contributed by atoms with Gasteiger partial charge in [-0.15, -0.1) is 0 Å². The molecule has 3 N–H and O–H groups in total. The van der Waals surface area contributed by atoms with Crippen molar-refractivity contribution in [1.29, 1.82) is 0 Å². The summed E-state index contributed by atoms with van der Waals surface area (Å²) >= 11 is 0. The van der Waals surface area contributed by atoms with Crippen LogP contribution in [0.2, 0.25) is 0 Å². The molecule has 0 bridgehead atoms. The SMILES string of the molecule is Cc1cc(C(=O)Nc2ccccc2C(C)N)c(C)nn1. The second-order valence-electron chi connectivity index (χ2n) is 4.81. The highest BCUT2D eigenvalue weighted by Crippen LogP contribution is 2.21. The maximum absolute atomic E-state index is 12.3. The van der Waals surface area contributed by atoms with E-state index in [9.17, 15) is 4.79 Å². The molecular weight excluding hydrogens is 252 g/mol. The van der Waals surface area contributed by atoms with Gasteiger partial charge in [-0.3, -0.25) is 4.79 Å². The Morgan fingerprint density at radius 1 is 1.25 bits per heavy atom. The summed E-state index contributed by atoms with van der Waals surface area (Å²) in [4.78, 5) is 12.3. The number of nitrogens with two attached hydrogens (primary N) is 1. The molecule has 0 radical (unpaired) electrons. The zero-order valence-electron chi connectivity index (χ0n) is 11.8. The van der Waals surface area contributed by atoms with Crippen LogP contribution >= 0.6 is 0 Å². The van der Waals surface area contributed by atoms with Gasteiger partial charge in [-0.2, -0.15) is 10.2 Å². The van der Waals surface area contributed by atoms with E-state index < -0.39 is 0 Å². The fraction of sp³-hybridized carbons (Fsp3) is 0.267. The van der Waals surface area contributed by atoms with Gasteiger partial charge in [0.25, 0.3) is 5.91 Å². The molecule has 1 atom stereocenters. The molecule has 0 saturated carbocycles. The molecule has 0 saturated heterocycles. The fourth-order valence-electron chi connectivity index (χ4n) is 1.98. The number of aryl methyl sites for hydroxylation is 2. The number of benzene rings is 1. The van der Waals surface area contributed by atoms with Crippen molar-refractivity contribution in [2.75, 3.05) is 5.32 Å².